The second-order valence-corrected chi connectivity index (χ2v) is 8.68. The van der Waals surface area contributed by atoms with Crippen molar-refractivity contribution in [3.8, 4) is 0 Å². The number of rotatable bonds is 7. The maximum Gasteiger partial charge on any atom is 0.0907 e. The number of aryl methyl sites for hydroxylation is 2. The third-order valence-electron chi connectivity index (χ3n) is 5.33. The normalized spacial score (nSPS) is 11.3. The average Bonchev–Trinajstić information content (AvgIpc) is 2.79. The van der Waals surface area contributed by atoms with E-state index in [4.69, 9.17) is 0 Å². The van der Waals surface area contributed by atoms with Gasteiger partial charge in [0.05, 0.1) is 4.75 Å². The molecular weight excluding hydrogens is 368 g/mol. The third-order valence-corrected chi connectivity index (χ3v) is 6.88. The topological polar surface area (TPSA) is 0 Å². The molecule has 0 aliphatic carbocycles. The van der Waals surface area contributed by atoms with Crippen molar-refractivity contribution in [1.29, 1.82) is 0 Å². The van der Waals surface area contributed by atoms with E-state index in [-0.39, 0.29) is 4.75 Å². The van der Waals surface area contributed by atoms with Crippen molar-refractivity contribution in [2.45, 2.75) is 18.1 Å². The maximum absolute atomic E-state index is 2.30. The molecular formula is C28H26S. The van der Waals surface area contributed by atoms with Crippen molar-refractivity contribution >= 4 is 11.8 Å². The summed E-state index contributed by atoms with van der Waals surface area (Å²) >= 11 is 2.03. The summed E-state index contributed by atoms with van der Waals surface area (Å²) < 4.78 is -0.229. The molecule has 0 bridgehead atoms. The van der Waals surface area contributed by atoms with Crippen molar-refractivity contribution in [2.24, 2.45) is 0 Å². The van der Waals surface area contributed by atoms with Crippen molar-refractivity contribution < 1.29 is 0 Å². The molecule has 0 N–H and O–H groups in total. The van der Waals surface area contributed by atoms with E-state index in [0.717, 1.165) is 12.2 Å². The predicted molar refractivity (Wildman–Crippen MR) is 127 cm³/mol. The van der Waals surface area contributed by atoms with Gasteiger partial charge in [-0.3, -0.25) is 0 Å². The molecule has 4 rings (SSSR count). The summed E-state index contributed by atoms with van der Waals surface area (Å²) in [5.74, 6) is 1.04. The molecule has 0 heterocycles. The molecule has 0 saturated heterocycles. The van der Waals surface area contributed by atoms with Crippen LogP contribution in [0.15, 0.2) is 115 Å². The SMILES string of the molecule is Cc1cccc(CCSC(c2ccccc2)(c2ccccc2)c2ccccc2)c1. The van der Waals surface area contributed by atoms with Gasteiger partial charge in [-0.25, -0.2) is 0 Å². The zero-order valence-electron chi connectivity index (χ0n) is 16.8. The molecule has 29 heavy (non-hydrogen) atoms. The van der Waals surface area contributed by atoms with Crippen LogP contribution in [-0.2, 0) is 11.2 Å². The van der Waals surface area contributed by atoms with Gasteiger partial charge in [-0.15, -0.1) is 11.8 Å². The van der Waals surface area contributed by atoms with E-state index in [2.05, 4.69) is 122 Å². The van der Waals surface area contributed by atoms with E-state index in [1.807, 2.05) is 11.8 Å². The largest absolute Gasteiger partial charge is 0.140 e. The predicted octanol–water partition coefficient (Wildman–Crippen LogP) is 7.26. The highest BCUT2D eigenvalue weighted by Gasteiger charge is 2.36. The first-order chi connectivity index (χ1) is 14.3. The zero-order chi connectivity index (χ0) is 19.9. The van der Waals surface area contributed by atoms with E-state index < -0.39 is 0 Å². The van der Waals surface area contributed by atoms with Gasteiger partial charge in [0.1, 0.15) is 0 Å². The van der Waals surface area contributed by atoms with Crippen LogP contribution in [0.5, 0.6) is 0 Å². The third kappa shape index (κ3) is 4.31. The van der Waals surface area contributed by atoms with Gasteiger partial charge >= 0.3 is 0 Å². The Bertz CT molecular complexity index is 927. The van der Waals surface area contributed by atoms with Gasteiger partial charge < -0.3 is 0 Å². The minimum Gasteiger partial charge on any atom is -0.140 e. The van der Waals surface area contributed by atoms with Gasteiger partial charge in [-0.1, -0.05) is 121 Å². The monoisotopic (exact) mass is 394 g/mol. The van der Waals surface area contributed by atoms with E-state index >= 15 is 0 Å². The van der Waals surface area contributed by atoms with Crippen LogP contribution < -0.4 is 0 Å². The molecule has 1 heteroatoms. The summed E-state index contributed by atoms with van der Waals surface area (Å²) in [7, 11) is 0. The van der Waals surface area contributed by atoms with Crippen LogP contribution in [0.3, 0.4) is 0 Å². The summed E-state index contributed by atoms with van der Waals surface area (Å²) in [6.07, 6.45) is 1.06. The van der Waals surface area contributed by atoms with Crippen molar-refractivity contribution in [3.63, 3.8) is 0 Å². The average molecular weight is 395 g/mol. The summed E-state index contributed by atoms with van der Waals surface area (Å²) in [5, 5.41) is 0. The van der Waals surface area contributed by atoms with E-state index in [1.165, 1.54) is 27.8 Å². The molecule has 0 radical (unpaired) electrons. The molecule has 0 fully saturated rings. The smallest absolute Gasteiger partial charge is 0.0907 e. The minimum absolute atomic E-state index is 0.229. The lowest BCUT2D eigenvalue weighted by Crippen LogP contribution is -2.26. The molecule has 0 spiro atoms. The Labute approximate surface area is 178 Å². The summed E-state index contributed by atoms with van der Waals surface area (Å²) in [5.41, 5.74) is 6.71. The fraction of sp³-hybridized carbons (Fsp3) is 0.143. The lowest BCUT2D eigenvalue weighted by Gasteiger charge is -2.35. The Morgan fingerprint density at radius 1 is 0.586 bits per heavy atom. The van der Waals surface area contributed by atoms with E-state index in [0.29, 0.717) is 0 Å². The standard InChI is InChI=1S/C28H26S/c1-23-12-11-13-24(22-23)20-21-29-28(25-14-5-2-6-15-25,26-16-7-3-8-17-26)27-18-9-4-10-19-27/h2-19,22H,20-21H2,1H3. The van der Waals surface area contributed by atoms with Gasteiger partial charge in [-0.2, -0.15) is 0 Å². The van der Waals surface area contributed by atoms with Gasteiger partial charge in [0.25, 0.3) is 0 Å². The summed E-state index contributed by atoms with van der Waals surface area (Å²) in [6.45, 7) is 2.17. The first-order valence-corrected chi connectivity index (χ1v) is 11.1. The van der Waals surface area contributed by atoms with Crippen molar-refractivity contribution in [2.75, 3.05) is 5.75 Å². The molecule has 0 aliphatic rings. The lowest BCUT2D eigenvalue weighted by atomic mass is 9.84. The van der Waals surface area contributed by atoms with Crippen LogP contribution in [0.4, 0.5) is 0 Å². The molecule has 0 saturated carbocycles. The van der Waals surface area contributed by atoms with Gasteiger partial charge in [0.2, 0.25) is 0 Å². The highest BCUT2D eigenvalue weighted by Crippen LogP contribution is 2.48. The first kappa shape index (κ1) is 19.5. The minimum atomic E-state index is -0.229. The summed E-state index contributed by atoms with van der Waals surface area (Å²) in [4.78, 5) is 0. The van der Waals surface area contributed by atoms with Gasteiger partial charge in [0, 0.05) is 0 Å². The maximum atomic E-state index is 2.30. The highest BCUT2D eigenvalue weighted by molar-refractivity contribution is 8.00. The molecule has 0 amide bonds. The second-order valence-electron chi connectivity index (χ2n) is 7.37. The van der Waals surface area contributed by atoms with E-state index in [9.17, 15) is 0 Å². The molecule has 4 aromatic carbocycles. The number of hydrogen-bond acceptors (Lipinski definition) is 1. The zero-order valence-corrected chi connectivity index (χ0v) is 17.6. The van der Waals surface area contributed by atoms with Gasteiger partial charge in [0.15, 0.2) is 0 Å². The summed E-state index contributed by atoms with van der Waals surface area (Å²) in [6, 6.07) is 41.6. The Kier molecular flexibility index (Phi) is 6.17. The Hall–Kier alpha value is -2.77. The Balaban J connectivity index is 1.77. The van der Waals surface area contributed by atoms with Crippen LogP contribution in [0.1, 0.15) is 27.8 Å². The number of thioether (sulfide) groups is 1. The fourth-order valence-corrected chi connectivity index (χ4v) is 5.51. The highest BCUT2D eigenvalue weighted by atomic mass is 32.2. The van der Waals surface area contributed by atoms with Crippen LogP contribution in [0.2, 0.25) is 0 Å². The fourth-order valence-electron chi connectivity index (χ4n) is 3.96. The van der Waals surface area contributed by atoms with E-state index in [1.54, 1.807) is 0 Å². The molecule has 144 valence electrons. The Morgan fingerprint density at radius 3 is 1.52 bits per heavy atom. The lowest BCUT2D eigenvalue weighted by molar-refractivity contribution is 0.891. The van der Waals surface area contributed by atoms with Crippen LogP contribution >= 0.6 is 11.8 Å². The van der Waals surface area contributed by atoms with Crippen LogP contribution in [0.25, 0.3) is 0 Å². The molecule has 0 aromatic heterocycles. The molecule has 0 nitrogen and oxygen atoms in total. The van der Waals surface area contributed by atoms with Crippen LogP contribution in [0, 0.1) is 6.92 Å². The second kappa shape index (κ2) is 9.15. The van der Waals surface area contributed by atoms with Gasteiger partial charge in [-0.05, 0) is 41.4 Å². The van der Waals surface area contributed by atoms with Crippen molar-refractivity contribution in [3.05, 3.63) is 143 Å². The van der Waals surface area contributed by atoms with Crippen LogP contribution in [-0.4, -0.2) is 5.75 Å². The van der Waals surface area contributed by atoms with Crippen molar-refractivity contribution in [1.82, 2.24) is 0 Å². The number of hydrogen-bond donors (Lipinski definition) is 0. The molecule has 0 unspecified atom stereocenters. The molecule has 4 aromatic rings. The number of benzene rings is 4. The molecule has 0 atom stereocenters. The Morgan fingerprint density at radius 2 is 1.07 bits per heavy atom. The quantitative estimate of drug-likeness (QED) is 0.297. The molecule has 0 aliphatic heterocycles. The first-order valence-electron chi connectivity index (χ1n) is 10.1.